The van der Waals surface area contributed by atoms with Gasteiger partial charge in [-0.1, -0.05) is 12.1 Å². The van der Waals surface area contributed by atoms with Gasteiger partial charge in [0.25, 0.3) is 0 Å². The van der Waals surface area contributed by atoms with Crippen LogP contribution in [0.15, 0.2) is 24.3 Å². The summed E-state index contributed by atoms with van der Waals surface area (Å²) in [6.45, 7) is 10.7. The fraction of sp³-hybridized carbons (Fsp3) is 0.533. The van der Waals surface area contributed by atoms with Crippen LogP contribution < -0.4 is 4.74 Å². The highest BCUT2D eigenvalue weighted by molar-refractivity contribution is 6.52. The number of pyridine rings is 1. The summed E-state index contributed by atoms with van der Waals surface area (Å²) in [5.74, 6) is 2.55. The zero-order valence-corrected chi connectivity index (χ0v) is 12.8. The zero-order valence-electron chi connectivity index (χ0n) is 12.8. The number of hydrogen-bond donors (Lipinski definition) is 0. The van der Waals surface area contributed by atoms with Crippen LogP contribution in [0.25, 0.3) is 6.08 Å². The molecule has 0 radical (unpaired) electrons. The minimum atomic E-state index is -0.330. The second-order valence-electron chi connectivity index (χ2n) is 5.84. The van der Waals surface area contributed by atoms with Gasteiger partial charge in [0.1, 0.15) is 0 Å². The third kappa shape index (κ3) is 3.22. The van der Waals surface area contributed by atoms with Crippen LogP contribution in [0.2, 0.25) is 0 Å². The molecule has 0 N–H and O–H groups in total. The fourth-order valence-corrected chi connectivity index (χ4v) is 1.91. The molecular weight excluding hydrogens is 253 g/mol. The first-order chi connectivity index (χ1) is 9.34. The van der Waals surface area contributed by atoms with Crippen LogP contribution in [0.5, 0.6) is 5.88 Å². The van der Waals surface area contributed by atoms with E-state index in [-0.39, 0.29) is 18.3 Å². The largest absolute Gasteiger partial charge is 0.487 e. The van der Waals surface area contributed by atoms with E-state index in [1.54, 1.807) is 6.20 Å². The summed E-state index contributed by atoms with van der Waals surface area (Å²) >= 11 is 0. The highest BCUT2D eigenvalue weighted by Crippen LogP contribution is 2.37. The first-order valence-corrected chi connectivity index (χ1v) is 6.97. The van der Waals surface area contributed by atoms with Crippen molar-refractivity contribution in [3.63, 3.8) is 0 Å². The van der Waals surface area contributed by atoms with Crippen LogP contribution in [0.1, 0.15) is 40.2 Å². The molecule has 1 aliphatic heterocycles. The van der Waals surface area contributed by atoms with Gasteiger partial charge in [-0.3, -0.25) is 0 Å². The summed E-state index contributed by atoms with van der Waals surface area (Å²) in [5.41, 5.74) is 0.395. The predicted molar refractivity (Wildman–Crippen MR) is 80.5 cm³/mol. The van der Waals surface area contributed by atoms with Crippen molar-refractivity contribution in [1.29, 1.82) is 0 Å². The molecule has 108 valence electrons. The number of aromatic nitrogens is 1. The summed E-state index contributed by atoms with van der Waals surface area (Å²) < 4.78 is 17.2. The molecular formula is C15H22BNO3. The maximum atomic E-state index is 5.91. The molecule has 0 atom stereocenters. The van der Waals surface area contributed by atoms with E-state index >= 15 is 0 Å². The monoisotopic (exact) mass is 275 g/mol. The van der Waals surface area contributed by atoms with Crippen molar-refractivity contribution in [3.8, 4) is 5.88 Å². The molecule has 20 heavy (non-hydrogen) atoms. The molecule has 0 amide bonds. The molecule has 2 heterocycles. The number of nitrogens with zero attached hydrogens (tertiary/aromatic N) is 1. The van der Waals surface area contributed by atoms with Gasteiger partial charge in [0, 0.05) is 12.3 Å². The van der Waals surface area contributed by atoms with Crippen molar-refractivity contribution >= 4 is 13.2 Å². The molecule has 1 aromatic rings. The van der Waals surface area contributed by atoms with Crippen molar-refractivity contribution < 1.29 is 14.0 Å². The third-order valence-electron chi connectivity index (χ3n) is 3.77. The minimum absolute atomic E-state index is 0.309. The van der Waals surface area contributed by atoms with Gasteiger partial charge < -0.3 is 14.0 Å². The van der Waals surface area contributed by atoms with Gasteiger partial charge in [0.15, 0.2) is 0 Å². The van der Waals surface area contributed by atoms with E-state index < -0.39 is 0 Å². The lowest BCUT2D eigenvalue weighted by Crippen LogP contribution is -2.41. The van der Waals surface area contributed by atoms with Crippen molar-refractivity contribution in [2.45, 2.75) is 45.8 Å². The van der Waals surface area contributed by atoms with E-state index in [0.717, 1.165) is 5.56 Å². The third-order valence-corrected chi connectivity index (χ3v) is 3.77. The Balaban J connectivity index is 2.06. The van der Waals surface area contributed by atoms with Crippen molar-refractivity contribution in [2.75, 3.05) is 6.61 Å². The number of ether oxygens (including phenoxy) is 1. The maximum absolute atomic E-state index is 5.91. The Morgan fingerprint density at radius 3 is 2.50 bits per heavy atom. The molecule has 0 aliphatic carbocycles. The molecule has 1 fully saturated rings. The molecule has 1 aromatic heterocycles. The first-order valence-electron chi connectivity index (χ1n) is 6.97. The van der Waals surface area contributed by atoms with Gasteiger partial charge in [0.2, 0.25) is 5.88 Å². The second-order valence-corrected chi connectivity index (χ2v) is 5.84. The van der Waals surface area contributed by atoms with Crippen molar-refractivity contribution in [2.24, 2.45) is 0 Å². The molecule has 0 spiro atoms. The highest BCUT2D eigenvalue weighted by Gasteiger charge is 2.49. The van der Waals surface area contributed by atoms with Gasteiger partial charge >= 0.3 is 7.12 Å². The topological polar surface area (TPSA) is 40.6 Å². The Labute approximate surface area is 121 Å². The summed E-state index contributed by atoms with van der Waals surface area (Å²) in [4.78, 5) is 4.14. The summed E-state index contributed by atoms with van der Waals surface area (Å²) in [6.07, 6.45) is 3.70. The van der Waals surface area contributed by atoms with Gasteiger partial charge in [-0.2, -0.15) is 0 Å². The SMILES string of the molecule is CCOc1cc(/C=C/B2OC(C)(C)C(C)(C)O2)ccn1. The minimum Gasteiger partial charge on any atom is -0.478 e. The lowest BCUT2D eigenvalue weighted by Gasteiger charge is -2.32. The first kappa shape index (κ1) is 15.1. The Kier molecular flexibility index (Phi) is 4.21. The lowest BCUT2D eigenvalue weighted by atomic mass is 9.89. The molecule has 2 rings (SSSR count). The number of rotatable bonds is 4. The summed E-state index contributed by atoms with van der Waals surface area (Å²) in [6, 6.07) is 3.81. The average Bonchev–Trinajstić information content (AvgIpc) is 2.56. The Morgan fingerprint density at radius 1 is 1.25 bits per heavy atom. The molecule has 0 bridgehead atoms. The molecule has 0 unspecified atom stereocenters. The normalized spacial score (nSPS) is 20.6. The van der Waals surface area contributed by atoms with E-state index in [1.807, 2.05) is 58.8 Å². The maximum Gasteiger partial charge on any atom is 0.487 e. The Hall–Kier alpha value is -1.33. The van der Waals surface area contributed by atoms with Crippen LogP contribution in [0, 0.1) is 0 Å². The second kappa shape index (κ2) is 5.58. The fourth-order valence-electron chi connectivity index (χ4n) is 1.91. The van der Waals surface area contributed by atoms with Crippen LogP contribution >= 0.6 is 0 Å². The Bertz CT molecular complexity index is 484. The standard InChI is InChI=1S/C15H22BNO3/c1-6-18-13-11-12(8-10-17-13)7-9-16-19-14(2,3)15(4,5)20-16/h7-11H,6H2,1-5H3/b9-7+. The molecule has 0 saturated carbocycles. The van der Waals surface area contributed by atoms with E-state index in [0.29, 0.717) is 12.5 Å². The van der Waals surface area contributed by atoms with E-state index in [1.165, 1.54) is 0 Å². The van der Waals surface area contributed by atoms with Gasteiger partial charge in [-0.25, -0.2) is 4.98 Å². The van der Waals surface area contributed by atoms with Crippen molar-refractivity contribution in [3.05, 3.63) is 29.9 Å². The van der Waals surface area contributed by atoms with Gasteiger partial charge in [-0.05, 0) is 46.2 Å². The summed E-state index contributed by atoms with van der Waals surface area (Å²) in [7, 11) is -0.330. The average molecular weight is 275 g/mol. The lowest BCUT2D eigenvalue weighted by molar-refractivity contribution is 0.00578. The predicted octanol–water partition coefficient (Wildman–Crippen LogP) is 3.12. The van der Waals surface area contributed by atoms with Gasteiger partial charge in [0.05, 0.1) is 17.8 Å². The quantitative estimate of drug-likeness (QED) is 0.791. The molecule has 5 heteroatoms. The van der Waals surface area contributed by atoms with E-state index in [2.05, 4.69) is 4.98 Å². The van der Waals surface area contributed by atoms with Crippen LogP contribution in [-0.4, -0.2) is 29.9 Å². The zero-order chi connectivity index (χ0) is 14.8. The smallest absolute Gasteiger partial charge is 0.478 e. The van der Waals surface area contributed by atoms with E-state index in [4.69, 9.17) is 14.0 Å². The van der Waals surface area contributed by atoms with Crippen LogP contribution in [0.3, 0.4) is 0 Å². The van der Waals surface area contributed by atoms with E-state index in [9.17, 15) is 0 Å². The Morgan fingerprint density at radius 2 is 1.90 bits per heavy atom. The highest BCUT2D eigenvalue weighted by atomic mass is 16.7. The molecule has 4 nitrogen and oxygen atoms in total. The summed E-state index contributed by atoms with van der Waals surface area (Å²) in [5, 5.41) is 0. The van der Waals surface area contributed by atoms with Gasteiger partial charge in [-0.15, -0.1) is 0 Å². The van der Waals surface area contributed by atoms with Crippen LogP contribution in [-0.2, 0) is 9.31 Å². The molecule has 0 aromatic carbocycles. The molecule has 1 aliphatic rings. The molecule has 1 saturated heterocycles. The van der Waals surface area contributed by atoms with Crippen LogP contribution in [0.4, 0.5) is 0 Å². The number of hydrogen-bond acceptors (Lipinski definition) is 4. The van der Waals surface area contributed by atoms with Crippen molar-refractivity contribution in [1.82, 2.24) is 4.98 Å².